The third kappa shape index (κ3) is 4.61. The zero-order chi connectivity index (χ0) is 13.9. The van der Waals surface area contributed by atoms with Crippen LogP contribution >= 0.6 is 23.5 Å². The molecule has 0 radical (unpaired) electrons. The maximum absolute atomic E-state index is 11.3. The molecule has 3 atom stereocenters. The van der Waals surface area contributed by atoms with Crippen molar-refractivity contribution in [2.24, 2.45) is 11.8 Å². The minimum Gasteiger partial charge on any atom is -0.288 e. The van der Waals surface area contributed by atoms with E-state index in [9.17, 15) is 9.59 Å². The van der Waals surface area contributed by atoms with Crippen molar-refractivity contribution in [3.05, 3.63) is 0 Å². The average molecular weight is 288 g/mol. The number of thioether (sulfide) groups is 2. The first-order valence-corrected chi connectivity index (χ1v) is 8.28. The fourth-order valence-corrected chi connectivity index (χ4v) is 4.99. The third-order valence-corrected chi connectivity index (χ3v) is 6.27. The molecule has 0 spiro atoms. The molecular weight excluding hydrogens is 264 g/mol. The van der Waals surface area contributed by atoms with Crippen molar-refractivity contribution < 1.29 is 9.59 Å². The smallest absolute Gasteiger partial charge is 0.186 e. The monoisotopic (exact) mass is 288 g/mol. The van der Waals surface area contributed by atoms with Gasteiger partial charge in [-0.2, -0.15) is 0 Å². The predicted octanol–water partition coefficient (Wildman–Crippen LogP) is 4.13. The Balaban J connectivity index is 2.68. The van der Waals surface area contributed by atoms with Crippen LogP contribution in [-0.2, 0) is 9.59 Å². The lowest BCUT2D eigenvalue weighted by Crippen LogP contribution is -2.37. The van der Waals surface area contributed by atoms with Gasteiger partial charge in [-0.05, 0) is 44.9 Å². The summed E-state index contributed by atoms with van der Waals surface area (Å²) in [6, 6.07) is 0. The first-order valence-electron chi connectivity index (χ1n) is 6.59. The zero-order valence-corrected chi connectivity index (χ0v) is 13.6. The molecule has 0 aromatic carbocycles. The lowest BCUT2D eigenvalue weighted by molar-refractivity contribution is -0.110. The van der Waals surface area contributed by atoms with Gasteiger partial charge in [-0.25, -0.2) is 0 Å². The van der Waals surface area contributed by atoms with Crippen molar-refractivity contribution in [3.63, 3.8) is 0 Å². The van der Waals surface area contributed by atoms with Crippen LogP contribution in [0.25, 0.3) is 0 Å². The molecule has 1 saturated carbocycles. The highest BCUT2D eigenvalue weighted by molar-refractivity contribution is 8.14. The minimum atomic E-state index is -0.0123. The Morgan fingerprint density at radius 2 is 1.72 bits per heavy atom. The average Bonchev–Trinajstić information content (AvgIpc) is 2.18. The molecule has 0 N–H and O–H groups in total. The highest BCUT2D eigenvalue weighted by atomic mass is 32.2. The normalized spacial score (nSPS) is 29.1. The molecule has 0 heterocycles. The Morgan fingerprint density at radius 1 is 1.11 bits per heavy atom. The molecule has 0 aliphatic heterocycles. The van der Waals surface area contributed by atoms with Gasteiger partial charge in [0.2, 0.25) is 0 Å². The summed E-state index contributed by atoms with van der Waals surface area (Å²) in [5, 5.41) is 0.826. The van der Waals surface area contributed by atoms with Crippen LogP contribution in [0.4, 0.5) is 0 Å². The standard InChI is InChI=1S/C14H24O2S2/c1-9-6-7-12(8-13(9)17-10(2)15)14(4,5)18-11(3)16/h9,12-13H,6-8H2,1-5H3. The summed E-state index contributed by atoms with van der Waals surface area (Å²) < 4.78 is -0.0123. The van der Waals surface area contributed by atoms with Gasteiger partial charge in [0.1, 0.15) is 0 Å². The van der Waals surface area contributed by atoms with Crippen LogP contribution in [0.2, 0.25) is 0 Å². The van der Waals surface area contributed by atoms with Crippen molar-refractivity contribution in [3.8, 4) is 0 Å². The van der Waals surface area contributed by atoms with E-state index in [1.165, 1.54) is 29.9 Å². The van der Waals surface area contributed by atoms with Crippen LogP contribution in [-0.4, -0.2) is 20.2 Å². The van der Waals surface area contributed by atoms with E-state index < -0.39 is 0 Å². The summed E-state index contributed by atoms with van der Waals surface area (Å²) in [7, 11) is 0. The number of carbonyl (C=O) groups is 2. The number of hydrogen-bond acceptors (Lipinski definition) is 4. The molecule has 0 saturated heterocycles. The quantitative estimate of drug-likeness (QED) is 0.782. The van der Waals surface area contributed by atoms with Crippen LogP contribution in [0.1, 0.15) is 53.9 Å². The first-order chi connectivity index (χ1) is 8.22. The highest BCUT2D eigenvalue weighted by Gasteiger charge is 2.38. The van der Waals surface area contributed by atoms with E-state index in [4.69, 9.17) is 0 Å². The van der Waals surface area contributed by atoms with Crippen LogP contribution < -0.4 is 0 Å². The van der Waals surface area contributed by atoms with E-state index in [0.29, 0.717) is 17.1 Å². The molecule has 104 valence electrons. The summed E-state index contributed by atoms with van der Waals surface area (Å²) >= 11 is 2.94. The molecule has 18 heavy (non-hydrogen) atoms. The van der Waals surface area contributed by atoms with E-state index in [-0.39, 0.29) is 15.0 Å². The van der Waals surface area contributed by atoms with Crippen LogP contribution in [0.3, 0.4) is 0 Å². The highest BCUT2D eigenvalue weighted by Crippen LogP contribution is 2.45. The predicted molar refractivity (Wildman–Crippen MR) is 80.9 cm³/mol. The largest absolute Gasteiger partial charge is 0.288 e. The molecule has 1 rings (SSSR count). The summed E-state index contributed by atoms with van der Waals surface area (Å²) in [4.78, 5) is 22.6. The van der Waals surface area contributed by atoms with Crippen LogP contribution in [0.5, 0.6) is 0 Å². The zero-order valence-electron chi connectivity index (χ0n) is 12.0. The van der Waals surface area contributed by atoms with Gasteiger partial charge in [-0.1, -0.05) is 30.4 Å². The van der Waals surface area contributed by atoms with E-state index in [1.54, 1.807) is 13.8 Å². The van der Waals surface area contributed by atoms with Gasteiger partial charge in [0.15, 0.2) is 10.2 Å². The van der Waals surface area contributed by atoms with Gasteiger partial charge < -0.3 is 0 Å². The molecule has 1 aliphatic carbocycles. The molecule has 2 nitrogen and oxygen atoms in total. The van der Waals surface area contributed by atoms with E-state index >= 15 is 0 Å². The van der Waals surface area contributed by atoms with Gasteiger partial charge in [-0.15, -0.1) is 0 Å². The Bertz CT molecular complexity index is 326. The molecule has 3 unspecified atom stereocenters. The summed E-state index contributed by atoms with van der Waals surface area (Å²) in [5.74, 6) is 1.13. The lowest BCUT2D eigenvalue weighted by Gasteiger charge is -2.41. The summed E-state index contributed by atoms with van der Waals surface area (Å²) in [6.45, 7) is 9.85. The SMILES string of the molecule is CC(=O)SC1CC(C(C)(C)SC(C)=O)CCC1C. The van der Waals surface area contributed by atoms with Gasteiger partial charge in [0.25, 0.3) is 0 Å². The number of rotatable bonds is 3. The van der Waals surface area contributed by atoms with Crippen LogP contribution in [0, 0.1) is 11.8 Å². The minimum absolute atomic E-state index is 0.0123. The van der Waals surface area contributed by atoms with Crippen LogP contribution in [0.15, 0.2) is 0 Å². The molecule has 0 aromatic rings. The molecule has 4 heteroatoms. The Kier molecular flexibility index (Phi) is 5.78. The molecular formula is C14H24O2S2. The van der Waals surface area contributed by atoms with E-state index in [0.717, 1.165) is 12.8 Å². The lowest BCUT2D eigenvalue weighted by atomic mass is 9.77. The van der Waals surface area contributed by atoms with E-state index in [1.807, 2.05) is 0 Å². The Hall–Kier alpha value is 0.0400. The van der Waals surface area contributed by atoms with Crippen molar-refractivity contribution in [1.82, 2.24) is 0 Å². The maximum atomic E-state index is 11.3. The Labute approximate surface area is 119 Å². The second kappa shape index (κ2) is 6.47. The van der Waals surface area contributed by atoms with Gasteiger partial charge >= 0.3 is 0 Å². The summed E-state index contributed by atoms with van der Waals surface area (Å²) in [6.07, 6.45) is 3.39. The maximum Gasteiger partial charge on any atom is 0.186 e. The van der Waals surface area contributed by atoms with Crippen molar-refractivity contribution in [2.75, 3.05) is 0 Å². The molecule has 0 amide bonds. The third-order valence-electron chi connectivity index (χ3n) is 3.83. The number of carbonyl (C=O) groups excluding carboxylic acids is 2. The van der Waals surface area contributed by atoms with Gasteiger partial charge in [0.05, 0.1) is 0 Å². The second-order valence-electron chi connectivity index (χ2n) is 5.83. The van der Waals surface area contributed by atoms with E-state index in [2.05, 4.69) is 20.8 Å². The fourth-order valence-electron chi connectivity index (χ4n) is 2.74. The van der Waals surface area contributed by atoms with Gasteiger partial charge in [-0.3, -0.25) is 9.59 Å². The topological polar surface area (TPSA) is 34.1 Å². The fraction of sp³-hybridized carbons (Fsp3) is 0.857. The second-order valence-corrected chi connectivity index (χ2v) is 9.08. The van der Waals surface area contributed by atoms with Crippen molar-refractivity contribution >= 4 is 33.8 Å². The molecule has 1 aliphatic rings. The van der Waals surface area contributed by atoms with Crippen molar-refractivity contribution in [1.29, 1.82) is 0 Å². The molecule has 0 aromatic heterocycles. The summed E-state index contributed by atoms with van der Waals surface area (Å²) in [5.41, 5.74) is 0. The van der Waals surface area contributed by atoms with Gasteiger partial charge in [0, 0.05) is 23.8 Å². The Morgan fingerprint density at radius 3 is 2.22 bits per heavy atom. The number of hydrogen-bond donors (Lipinski definition) is 0. The van der Waals surface area contributed by atoms with Crippen molar-refractivity contribution in [2.45, 2.75) is 63.9 Å². The first kappa shape index (κ1) is 16.1. The molecule has 1 fully saturated rings. The molecule has 0 bridgehead atoms.